The third-order valence-electron chi connectivity index (χ3n) is 6.50. The lowest BCUT2D eigenvalue weighted by Gasteiger charge is -2.40. The van der Waals surface area contributed by atoms with Crippen molar-refractivity contribution in [3.63, 3.8) is 0 Å². The van der Waals surface area contributed by atoms with Gasteiger partial charge in [-0.05, 0) is 66.6 Å². The Labute approximate surface area is 213 Å². The Bertz CT molecular complexity index is 1100. The fourth-order valence-electron chi connectivity index (χ4n) is 4.41. The van der Waals surface area contributed by atoms with Gasteiger partial charge < -0.3 is 20.6 Å². The molecular weight excluding hydrogens is 469 g/mol. The van der Waals surface area contributed by atoms with Crippen LogP contribution in [0, 0.1) is 26.2 Å². The summed E-state index contributed by atoms with van der Waals surface area (Å²) in [6, 6.07) is 6.91. The van der Waals surface area contributed by atoms with E-state index in [1.54, 1.807) is 17.9 Å². The molecule has 8 heteroatoms. The van der Waals surface area contributed by atoms with Gasteiger partial charge in [-0.3, -0.25) is 9.59 Å². The molecule has 3 N–H and O–H groups in total. The van der Waals surface area contributed by atoms with Gasteiger partial charge in [0.2, 0.25) is 5.91 Å². The van der Waals surface area contributed by atoms with E-state index in [0.29, 0.717) is 36.3 Å². The van der Waals surface area contributed by atoms with Crippen LogP contribution in [-0.2, 0) is 22.6 Å². The number of amides is 2. The summed E-state index contributed by atoms with van der Waals surface area (Å²) >= 11 is 0. The zero-order valence-corrected chi connectivity index (χ0v) is 22.2. The van der Waals surface area contributed by atoms with Gasteiger partial charge in [0, 0.05) is 30.7 Å². The molecule has 0 aromatic heterocycles. The molecule has 0 radical (unpaired) electrons. The van der Waals surface area contributed by atoms with E-state index in [9.17, 15) is 19.1 Å². The van der Waals surface area contributed by atoms with Gasteiger partial charge in [0.25, 0.3) is 5.91 Å². The number of anilines is 1. The van der Waals surface area contributed by atoms with Crippen LogP contribution in [0.2, 0.25) is 0 Å². The number of nitrogens with one attached hydrogen (secondary N) is 2. The number of hydrogen-bond acceptors (Lipinski definition) is 4. The first-order valence-electron chi connectivity index (χ1n) is 11.8. The fourth-order valence-corrected chi connectivity index (χ4v) is 4.41. The Morgan fingerprint density at radius 1 is 1.14 bits per heavy atom. The minimum absolute atomic E-state index is 0. The third-order valence-corrected chi connectivity index (χ3v) is 6.50. The molecule has 0 saturated heterocycles. The summed E-state index contributed by atoms with van der Waals surface area (Å²) in [6.45, 7) is 11.8. The molecule has 192 valence electrons. The highest BCUT2D eigenvalue weighted by Gasteiger charge is 2.40. The first-order valence-corrected chi connectivity index (χ1v) is 11.8. The average Bonchev–Trinajstić information content (AvgIpc) is 2.79. The second-order valence-electron chi connectivity index (χ2n) is 10.1. The van der Waals surface area contributed by atoms with Gasteiger partial charge in [-0.2, -0.15) is 0 Å². The lowest BCUT2D eigenvalue weighted by atomic mass is 9.86. The van der Waals surface area contributed by atoms with E-state index < -0.39 is 18.1 Å². The Kier molecular flexibility index (Phi) is 9.31. The topological polar surface area (TPSA) is 81.7 Å². The molecule has 2 aromatic rings. The monoisotopic (exact) mass is 505 g/mol. The number of halogens is 2. The third kappa shape index (κ3) is 6.14. The van der Waals surface area contributed by atoms with Crippen molar-refractivity contribution in [2.24, 2.45) is 5.41 Å². The molecule has 0 aliphatic carbocycles. The van der Waals surface area contributed by atoms with Gasteiger partial charge in [-0.15, -0.1) is 12.4 Å². The van der Waals surface area contributed by atoms with Crippen LogP contribution in [0.15, 0.2) is 24.3 Å². The van der Waals surface area contributed by atoms with E-state index in [0.717, 1.165) is 22.3 Å². The van der Waals surface area contributed by atoms with Crippen LogP contribution in [0.4, 0.5) is 10.1 Å². The standard InChI is InChI=1S/C27H36FN3O3.ClH/c1-16-13-22(17(2)18(3)24(16)32)30-25(33)23-21-14-19(15-29-11-10-28)7-8-20(21)9-12-31(23)26(34)27(4,5)6;/h7-8,13-14,23,29,32H,9-12,15H2,1-6H3,(H,30,33);1H. The summed E-state index contributed by atoms with van der Waals surface area (Å²) in [4.78, 5) is 28.8. The van der Waals surface area contributed by atoms with E-state index in [-0.39, 0.29) is 36.5 Å². The Hall–Kier alpha value is -2.64. The van der Waals surface area contributed by atoms with Crippen LogP contribution < -0.4 is 10.6 Å². The number of nitrogens with zero attached hydrogens (tertiary/aromatic N) is 1. The predicted molar refractivity (Wildman–Crippen MR) is 140 cm³/mol. The number of hydrogen-bond donors (Lipinski definition) is 3. The minimum Gasteiger partial charge on any atom is -0.507 e. The summed E-state index contributed by atoms with van der Waals surface area (Å²) in [6.07, 6.45) is 0.662. The second kappa shape index (κ2) is 11.4. The van der Waals surface area contributed by atoms with Crippen LogP contribution in [-0.4, -0.2) is 41.6 Å². The first kappa shape index (κ1) is 28.6. The minimum atomic E-state index is -0.787. The lowest BCUT2D eigenvalue weighted by Crippen LogP contribution is -2.49. The van der Waals surface area contributed by atoms with Gasteiger partial charge in [0.1, 0.15) is 18.5 Å². The highest BCUT2D eigenvalue weighted by molar-refractivity contribution is 5.99. The SMILES string of the molecule is Cc1cc(NC(=O)C2c3cc(CNCCF)ccc3CCN2C(=O)C(C)(C)C)c(C)c(C)c1O.Cl. The number of aryl methyl sites for hydroxylation is 1. The van der Waals surface area contributed by atoms with Crippen LogP contribution in [0.5, 0.6) is 5.75 Å². The van der Waals surface area contributed by atoms with Gasteiger partial charge in [-0.1, -0.05) is 39.0 Å². The predicted octanol–water partition coefficient (Wildman–Crippen LogP) is 4.91. The average molecular weight is 506 g/mol. The van der Waals surface area contributed by atoms with Crippen LogP contribution >= 0.6 is 12.4 Å². The van der Waals surface area contributed by atoms with Crippen molar-refractivity contribution in [3.05, 3.63) is 57.6 Å². The molecule has 1 heterocycles. The summed E-state index contributed by atoms with van der Waals surface area (Å²) in [5, 5.41) is 16.3. The van der Waals surface area contributed by atoms with Gasteiger partial charge in [-0.25, -0.2) is 4.39 Å². The smallest absolute Gasteiger partial charge is 0.251 e. The van der Waals surface area contributed by atoms with Crippen molar-refractivity contribution in [2.45, 2.75) is 60.5 Å². The van der Waals surface area contributed by atoms with Gasteiger partial charge in [0.15, 0.2) is 0 Å². The summed E-state index contributed by atoms with van der Waals surface area (Å²) in [5.74, 6) is -0.164. The first-order chi connectivity index (χ1) is 16.0. The lowest BCUT2D eigenvalue weighted by molar-refractivity contribution is -0.146. The number of benzene rings is 2. The second-order valence-corrected chi connectivity index (χ2v) is 10.1. The van der Waals surface area contributed by atoms with Crippen molar-refractivity contribution in [1.29, 1.82) is 0 Å². The van der Waals surface area contributed by atoms with Gasteiger partial charge >= 0.3 is 0 Å². The molecule has 1 aliphatic heterocycles. The fraction of sp³-hybridized carbons (Fsp3) is 0.481. The molecule has 0 saturated carbocycles. The Morgan fingerprint density at radius 2 is 1.83 bits per heavy atom. The number of carbonyl (C=O) groups is 2. The molecule has 3 rings (SSSR count). The van der Waals surface area contributed by atoms with E-state index in [1.807, 2.05) is 52.8 Å². The maximum Gasteiger partial charge on any atom is 0.251 e. The molecule has 0 bridgehead atoms. The number of carbonyl (C=O) groups excluding carboxylic acids is 2. The quantitative estimate of drug-likeness (QED) is 0.385. The molecule has 0 spiro atoms. The number of phenolic OH excluding ortho intramolecular Hbond substituents is 1. The largest absolute Gasteiger partial charge is 0.507 e. The summed E-state index contributed by atoms with van der Waals surface area (Å²) < 4.78 is 12.5. The van der Waals surface area contributed by atoms with Crippen LogP contribution in [0.25, 0.3) is 0 Å². The number of phenols is 1. The zero-order chi connectivity index (χ0) is 25.2. The molecule has 1 atom stereocenters. The molecule has 35 heavy (non-hydrogen) atoms. The van der Waals surface area contributed by atoms with E-state index in [4.69, 9.17) is 0 Å². The van der Waals surface area contributed by atoms with Crippen LogP contribution in [0.1, 0.15) is 60.2 Å². The molecule has 1 aliphatic rings. The molecule has 2 aromatic carbocycles. The maximum atomic E-state index is 13.8. The van der Waals surface area contributed by atoms with E-state index in [2.05, 4.69) is 10.6 Å². The number of aromatic hydroxyl groups is 1. The molecule has 0 fully saturated rings. The van der Waals surface area contributed by atoms with Crippen molar-refractivity contribution < 1.29 is 19.1 Å². The summed E-state index contributed by atoms with van der Waals surface area (Å²) in [7, 11) is 0. The highest BCUT2D eigenvalue weighted by atomic mass is 35.5. The van der Waals surface area contributed by atoms with Crippen LogP contribution in [0.3, 0.4) is 0 Å². The normalized spacial score (nSPS) is 15.3. The van der Waals surface area contributed by atoms with Crippen molar-refractivity contribution in [3.8, 4) is 5.75 Å². The molecule has 1 unspecified atom stereocenters. The molecular formula is C27H37ClFN3O3. The maximum absolute atomic E-state index is 13.8. The molecule has 6 nitrogen and oxygen atoms in total. The Morgan fingerprint density at radius 3 is 2.46 bits per heavy atom. The highest BCUT2D eigenvalue weighted by Crippen LogP contribution is 2.36. The summed E-state index contributed by atoms with van der Waals surface area (Å²) in [5.41, 5.74) is 4.90. The number of rotatable bonds is 6. The molecule has 2 amide bonds. The zero-order valence-electron chi connectivity index (χ0n) is 21.4. The van der Waals surface area contributed by atoms with Crippen molar-refractivity contribution in [2.75, 3.05) is 25.1 Å². The Balaban J connectivity index is 0.00000432. The van der Waals surface area contributed by atoms with Crippen molar-refractivity contribution >= 4 is 29.9 Å². The van der Waals surface area contributed by atoms with Gasteiger partial charge in [0.05, 0.1) is 0 Å². The van der Waals surface area contributed by atoms with E-state index >= 15 is 0 Å². The van der Waals surface area contributed by atoms with Crippen molar-refractivity contribution in [1.82, 2.24) is 10.2 Å². The van der Waals surface area contributed by atoms with E-state index in [1.165, 1.54) is 0 Å². The number of fused-ring (bicyclic) bond motifs is 1. The number of alkyl halides is 1.